The largest absolute Gasteiger partial charge is 0.292 e. The molecule has 1 saturated heterocycles. The van der Waals surface area contributed by atoms with E-state index in [1.54, 1.807) is 6.08 Å². The summed E-state index contributed by atoms with van der Waals surface area (Å²) in [4.78, 5) is 16.0. The molecule has 1 unspecified atom stereocenters. The molecule has 0 amide bonds. The van der Waals surface area contributed by atoms with Crippen molar-refractivity contribution in [2.75, 3.05) is 6.54 Å². The number of carbonyl (C=O) groups excluding carboxylic acids is 1. The number of nitrogens with zero attached hydrogens (tertiary/aromatic N) is 2. The molecule has 1 atom stereocenters. The average molecular weight is 180 g/mol. The number of isocyanates is 1. The third kappa shape index (κ3) is 2.27. The SMILES string of the molecule is C=C(N=C=O)C1CCCN1C(C)C. The first kappa shape index (κ1) is 10.2. The zero-order chi connectivity index (χ0) is 9.84. The minimum Gasteiger partial charge on any atom is -0.292 e. The summed E-state index contributed by atoms with van der Waals surface area (Å²) >= 11 is 0. The van der Waals surface area contributed by atoms with Crippen LogP contribution in [0.2, 0.25) is 0 Å². The molecule has 0 radical (unpaired) electrons. The molecule has 0 aromatic rings. The summed E-state index contributed by atoms with van der Waals surface area (Å²) in [5.41, 5.74) is 0.654. The second-order valence-corrected chi connectivity index (χ2v) is 3.68. The van der Waals surface area contributed by atoms with E-state index in [1.165, 1.54) is 0 Å². The lowest BCUT2D eigenvalue weighted by Crippen LogP contribution is -2.36. The van der Waals surface area contributed by atoms with Crippen molar-refractivity contribution >= 4 is 6.08 Å². The van der Waals surface area contributed by atoms with Crippen molar-refractivity contribution in [2.45, 2.75) is 38.8 Å². The number of rotatable bonds is 3. The average Bonchev–Trinajstić information content (AvgIpc) is 2.52. The molecule has 1 aliphatic heterocycles. The highest BCUT2D eigenvalue weighted by Gasteiger charge is 2.28. The van der Waals surface area contributed by atoms with Crippen LogP contribution in [0.1, 0.15) is 26.7 Å². The fraction of sp³-hybridized carbons (Fsp3) is 0.700. The normalized spacial score (nSPS) is 23.2. The Bertz CT molecular complexity index is 241. The van der Waals surface area contributed by atoms with E-state index >= 15 is 0 Å². The predicted molar refractivity (Wildman–Crippen MR) is 52.1 cm³/mol. The second kappa shape index (κ2) is 4.35. The van der Waals surface area contributed by atoms with Gasteiger partial charge in [-0.2, -0.15) is 4.99 Å². The van der Waals surface area contributed by atoms with E-state index in [-0.39, 0.29) is 6.04 Å². The summed E-state index contributed by atoms with van der Waals surface area (Å²) in [6.07, 6.45) is 3.77. The van der Waals surface area contributed by atoms with Crippen molar-refractivity contribution in [3.63, 3.8) is 0 Å². The Kier molecular flexibility index (Phi) is 3.40. The molecule has 1 fully saturated rings. The first-order valence-electron chi connectivity index (χ1n) is 4.69. The molecule has 0 bridgehead atoms. The predicted octanol–water partition coefficient (Wildman–Crippen LogP) is 1.71. The molecule has 0 aromatic heterocycles. The second-order valence-electron chi connectivity index (χ2n) is 3.68. The van der Waals surface area contributed by atoms with Crippen LogP contribution in [0.4, 0.5) is 0 Å². The standard InChI is InChI=1S/C10H16N2O/c1-8(2)12-6-4-5-10(12)9(3)11-7-13/h8,10H,3-6H2,1-2H3. The summed E-state index contributed by atoms with van der Waals surface area (Å²) in [6, 6.07) is 0.743. The van der Waals surface area contributed by atoms with Crippen LogP contribution in [0.25, 0.3) is 0 Å². The zero-order valence-corrected chi connectivity index (χ0v) is 8.29. The Balaban J connectivity index is 2.68. The van der Waals surface area contributed by atoms with Crippen molar-refractivity contribution in [3.8, 4) is 0 Å². The Hall–Kier alpha value is -0.920. The Labute approximate surface area is 79.1 Å². The highest BCUT2D eigenvalue weighted by atomic mass is 16.1. The van der Waals surface area contributed by atoms with Crippen LogP contribution in [0, 0.1) is 0 Å². The van der Waals surface area contributed by atoms with Crippen molar-refractivity contribution < 1.29 is 4.79 Å². The van der Waals surface area contributed by atoms with E-state index in [4.69, 9.17) is 0 Å². The minimum absolute atomic E-state index is 0.251. The number of hydrogen-bond acceptors (Lipinski definition) is 3. The molecule has 3 heteroatoms. The van der Waals surface area contributed by atoms with Crippen LogP contribution >= 0.6 is 0 Å². The van der Waals surface area contributed by atoms with Gasteiger partial charge in [-0.3, -0.25) is 4.90 Å². The fourth-order valence-electron chi connectivity index (χ4n) is 1.90. The van der Waals surface area contributed by atoms with Crippen molar-refractivity contribution in [3.05, 3.63) is 12.3 Å². The van der Waals surface area contributed by atoms with E-state index < -0.39 is 0 Å². The highest BCUT2D eigenvalue weighted by molar-refractivity contribution is 5.37. The van der Waals surface area contributed by atoms with Crippen LogP contribution in [-0.2, 0) is 4.79 Å². The van der Waals surface area contributed by atoms with Gasteiger partial charge in [-0.1, -0.05) is 6.58 Å². The Morgan fingerprint density at radius 1 is 1.69 bits per heavy atom. The maximum absolute atomic E-state index is 10.1. The van der Waals surface area contributed by atoms with Gasteiger partial charge in [0.2, 0.25) is 6.08 Å². The van der Waals surface area contributed by atoms with E-state index in [0.29, 0.717) is 11.7 Å². The number of hydrogen-bond donors (Lipinski definition) is 0. The van der Waals surface area contributed by atoms with Gasteiger partial charge in [0.05, 0.1) is 11.7 Å². The first-order valence-corrected chi connectivity index (χ1v) is 4.69. The van der Waals surface area contributed by atoms with Crippen LogP contribution in [0.15, 0.2) is 17.3 Å². The van der Waals surface area contributed by atoms with E-state index in [9.17, 15) is 4.79 Å². The van der Waals surface area contributed by atoms with Crippen LogP contribution in [-0.4, -0.2) is 29.6 Å². The van der Waals surface area contributed by atoms with Crippen molar-refractivity contribution in [2.24, 2.45) is 4.99 Å². The van der Waals surface area contributed by atoms with E-state index in [1.807, 2.05) is 0 Å². The zero-order valence-electron chi connectivity index (χ0n) is 8.29. The third-order valence-corrected chi connectivity index (χ3v) is 2.53. The molecule has 1 aliphatic rings. The van der Waals surface area contributed by atoms with Gasteiger partial charge in [-0.25, -0.2) is 4.79 Å². The molecular formula is C10H16N2O. The molecule has 0 spiro atoms. The highest BCUT2D eigenvalue weighted by Crippen LogP contribution is 2.25. The number of likely N-dealkylation sites (tertiary alicyclic amines) is 1. The molecule has 1 rings (SSSR count). The van der Waals surface area contributed by atoms with Gasteiger partial charge in [-0.05, 0) is 33.2 Å². The van der Waals surface area contributed by atoms with Crippen LogP contribution in [0.5, 0.6) is 0 Å². The molecule has 1 heterocycles. The number of aliphatic imine (C=N–C) groups is 1. The monoisotopic (exact) mass is 180 g/mol. The molecule has 72 valence electrons. The topological polar surface area (TPSA) is 32.7 Å². The van der Waals surface area contributed by atoms with Gasteiger partial charge in [0, 0.05) is 6.04 Å². The van der Waals surface area contributed by atoms with E-state index in [0.717, 1.165) is 19.4 Å². The van der Waals surface area contributed by atoms with Gasteiger partial charge < -0.3 is 0 Å². The van der Waals surface area contributed by atoms with Gasteiger partial charge >= 0.3 is 0 Å². The van der Waals surface area contributed by atoms with Gasteiger partial charge in [0.25, 0.3) is 0 Å². The lowest BCUT2D eigenvalue weighted by Gasteiger charge is -2.27. The first-order chi connectivity index (χ1) is 6.16. The van der Waals surface area contributed by atoms with Gasteiger partial charge in [0.1, 0.15) is 0 Å². The summed E-state index contributed by atoms with van der Waals surface area (Å²) in [7, 11) is 0. The van der Waals surface area contributed by atoms with E-state index in [2.05, 4.69) is 30.3 Å². The molecule has 0 aromatic carbocycles. The van der Waals surface area contributed by atoms with Gasteiger partial charge in [0.15, 0.2) is 0 Å². The third-order valence-electron chi connectivity index (χ3n) is 2.53. The Morgan fingerprint density at radius 2 is 2.38 bits per heavy atom. The van der Waals surface area contributed by atoms with Crippen LogP contribution in [0.3, 0.4) is 0 Å². The maximum atomic E-state index is 10.1. The lowest BCUT2D eigenvalue weighted by atomic mass is 10.1. The van der Waals surface area contributed by atoms with Crippen molar-refractivity contribution in [1.82, 2.24) is 4.90 Å². The summed E-state index contributed by atoms with van der Waals surface area (Å²) in [5, 5.41) is 0. The molecule has 3 nitrogen and oxygen atoms in total. The quantitative estimate of drug-likeness (QED) is 0.489. The fourth-order valence-corrected chi connectivity index (χ4v) is 1.90. The smallest absolute Gasteiger partial charge is 0.240 e. The summed E-state index contributed by atoms with van der Waals surface area (Å²) < 4.78 is 0. The molecule has 0 aliphatic carbocycles. The molecule has 0 N–H and O–H groups in total. The minimum atomic E-state index is 0.251. The lowest BCUT2D eigenvalue weighted by molar-refractivity contribution is 0.225. The summed E-state index contributed by atoms with van der Waals surface area (Å²) in [6.45, 7) is 9.17. The molecular weight excluding hydrogens is 164 g/mol. The molecule has 13 heavy (non-hydrogen) atoms. The van der Waals surface area contributed by atoms with Gasteiger partial charge in [-0.15, -0.1) is 0 Å². The van der Waals surface area contributed by atoms with Crippen LogP contribution < -0.4 is 0 Å². The summed E-state index contributed by atoms with van der Waals surface area (Å²) in [5.74, 6) is 0. The Morgan fingerprint density at radius 3 is 2.92 bits per heavy atom. The molecule has 0 saturated carbocycles. The van der Waals surface area contributed by atoms with Crippen molar-refractivity contribution in [1.29, 1.82) is 0 Å². The maximum Gasteiger partial charge on any atom is 0.240 e.